The van der Waals surface area contributed by atoms with E-state index in [-0.39, 0.29) is 30.3 Å². The summed E-state index contributed by atoms with van der Waals surface area (Å²) in [5, 5.41) is 13.8. The summed E-state index contributed by atoms with van der Waals surface area (Å²) >= 11 is 0. The molecule has 0 saturated carbocycles. The van der Waals surface area contributed by atoms with Crippen LogP contribution in [-0.4, -0.2) is 31.3 Å². The number of rotatable bonds is 5. The molecule has 0 heterocycles. The lowest BCUT2D eigenvalue weighted by Crippen LogP contribution is -2.26. The van der Waals surface area contributed by atoms with Crippen LogP contribution in [-0.2, 0) is 4.74 Å². The maximum atomic E-state index is 12.2. The van der Waals surface area contributed by atoms with Crippen molar-refractivity contribution < 1.29 is 19.2 Å². The van der Waals surface area contributed by atoms with Gasteiger partial charge >= 0.3 is 6.09 Å². The smallest absolute Gasteiger partial charge is 0.407 e. The number of hydrogen-bond donors (Lipinski definition) is 1. The van der Waals surface area contributed by atoms with Crippen LogP contribution in [0.2, 0.25) is 0 Å². The van der Waals surface area contributed by atoms with Crippen molar-refractivity contribution in [3.05, 3.63) is 93.5 Å². The van der Waals surface area contributed by atoms with Gasteiger partial charge in [0.25, 0.3) is 5.69 Å². The Morgan fingerprint density at radius 1 is 1.03 bits per heavy atom. The molecule has 0 spiro atoms. The Morgan fingerprint density at radius 2 is 1.69 bits per heavy atom. The minimum atomic E-state index is -0.601. The van der Waals surface area contributed by atoms with E-state index in [0.29, 0.717) is 5.75 Å². The fourth-order valence-electron chi connectivity index (χ4n) is 3.87. The molecule has 0 atom stereocenters. The number of hydrogen-bond acceptors (Lipinski definition) is 5. The second kappa shape index (κ2) is 9.23. The van der Waals surface area contributed by atoms with Gasteiger partial charge in [-0.1, -0.05) is 66.4 Å². The number of nitrogens with zero attached hydrogens (tertiary/aromatic N) is 1. The zero-order valence-electron chi connectivity index (χ0n) is 17.3. The fraction of sp³-hybridized carbons (Fsp3) is 0.160. The average molecular weight is 428 g/mol. The number of ether oxygens (including phenoxy) is 2. The van der Waals surface area contributed by atoms with E-state index in [4.69, 9.17) is 9.47 Å². The SMILES string of the molecule is COc1cccc([N+](=O)[O-])c1C#CCNC(=O)OCC1c2ccccc2-c2ccccc21. The highest BCUT2D eigenvalue weighted by molar-refractivity contribution is 5.79. The third-order valence-electron chi connectivity index (χ3n) is 5.30. The second-order valence-electron chi connectivity index (χ2n) is 7.09. The predicted molar refractivity (Wildman–Crippen MR) is 120 cm³/mol. The molecule has 0 saturated heterocycles. The molecule has 160 valence electrons. The van der Waals surface area contributed by atoms with E-state index in [1.165, 1.54) is 19.2 Å². The van der Waals surface area contributed by atoms with Gasteiger partial charge in [-0.2, -0.15) is 0 Å². The van der Waals surface area contributed by atoms with Crippen LogP contribution in [0.3, 0.4) is 0 Å². The van der Waals surface area contributed by atoms with Crippen molar-refractivity contribution in [2.45, 2.75) is 5.92 Å². The Kier molecular flexibility index (Phi) is 6.04. The molecule has 0 aliphatic heterocycles. The summed E-state index contributed by atoms with van der Waals surface area (Å²) in [6, 6.07) is 20.7. The summed E-state index contributed by atoms with van der Waals surface area (Å²) in [7, 11) is 1.42. The van der Waals surface area contributed by atoms with Crippen LogP contribution in [0.5, 0.6) is 5.75 Å². The molecule has 0 radical (unpaired) electrons. The van der Waals surface area contributed by atoms with Crippen LogP contribution in [0.15, 0.2) is 66.7 Å². The molecule has 4 rings (SSSR count). The summed E-state index contributed by atoms with van der Waals surface area (Å²) in [6.45, 7) is 0.178. The highest BCUT2D eigenvalue weighted by Crippen LogP contribution is 2.44. The van der Waals surface area contributed by atoms with E-state index in [1.807, 2.05) is 36.4 Å². The van der Waals surface area contributed by atoms with Crippen LogP contribution in [0, 0.1) is 22.0 Å². The van der Waals surface area contributed by atoms with Crippen molar-refractivity contribution >= 4 is 11.8 Å². The first-order valence-electron chi connectivity index (χ1n) is 9.99. The third kappa shape index (κ3) is 4.12. The van der Waals surface area contributed by atoms with Gasteiger partial charge in [0.05, 0.1) is 18.6 Å². The lowest BCUT2D eigenvalue weighted by molar-refractivity contribution is -0.385. The van der Waals surface area contributed by atoms with Crippen LogP contribution < -0.4 is 10.1 Å². The molecule has 0 aromatic heterocycles. The van der Waals surface area contributed by atoms with Crippen molar-refractivity contribution in [1.29, 1.82) is 0 Å². The van der Waals surface area contributed by atoms with E-state index in [1.54, 1.807) is 6.07 Å². The monoisotopic (exact) mass is 428 g/mol. The van der Waals surface area contributed by atoms with Crippen molar-refractivity contribution in [1.82, 2.24) is 5.32 Å². The number of carbonyl (C=O) groups is 1. The van der Waals surface area contributed by atoms with Gasteiger partial charge in [0.2, 0.25) is 0 Å². The molecule has 3 aromatic carbocycles. The van der Waals surface area contributed by atoms with Gasteiger partial charge in [0, 0.05) is 12.0 Å². The number of methoxy groups -OCH3 is 1. The summed E-state index contributed by atoms with van der Waals surface area (Å²) in [4.78, 5) is 22.9. The molecule has 32 heavy (non-hydrogen) atoms. The topological polar surface area (TPSA) is 90.7 Å². The summed E-state index contributed by atoms with van der Waals surface area (Å²) < 4.78 is 10.6. The number of amides is 1. The number of carbonyl (C=O) groups excluding carboxylic acids is 1. The molecule has 1 amide bonds. The summed E-state index contributed by atoms with van der Waals surface area (Å²) in [5.41, 5.74) is 4.57. The summed E-state index contributed by atoms with van der Waals surface area (Å²) in [6.07, 6.45) is -0.601. The van der Waals surface area contributed by atoms with E-state index in [2.05, 4.69) is 29.3 Å². The zero-order valence-corrected chi connectivity index (χ0v) is 17.3. The fourth-order valence-corrected chi connectivity index (χ4v) is 3.87. The van der Waals surface area contributed by atoms with E-state index >= 15 is 0 Å². The molecule has 7 nitrogen and oxygen atoms in total. The maximum absolute atomic E-state index is 12.2. The number of nitro benzene ring substituents is 1. The van der Waals surface area contributed by atoms with Gasteiger partial charge in [0.15, 0.2) is 0 Å². The predicted octanol–water partition coefficient (Wildman–Crippen LogP) is 4.49. The zero-order chi connectivity index (χ0) is 22.5. The Balaban J connectivity index is 1.39. The number of benzene rings is 3. The molecular weight excluding hydrogens is 408 g/mol. The lowest BCUT2D eigenvalue weighted by Gasteiger charge is -2.14. The Morgan fingerprint density at radius 3 is 2.31 bits per heavy atom. The van der Waals surface area contributed by atoms with Crippen LogP contribution in [0.25, 0.3) is 11.1 Å². The number of fused-ring (bicyclic) bond motifs is 3. The van der Waals surface area contributed by atoms with Gasteiger partial charge in [-0.25, -0.2) is 4.79 Å². The van der Waals surface area contributed by atoms with Gasteiger partial charge in [-0.3, -0.25) is 10.1 Å². The lowest BCUT2D eigenvalue weighted by atomic mass is 9.98. The molecule has 1 aliphatic rings. The molecular formula is C25H20N2O5. The largest absolute Gasteiger partial charge is 0.495 e. The molecule has 1 N–H and O–H groups in total. The van der Waals surface area contributed by atoms with Crippen LogP contribution >= 0.6 is 0 Å². The highest BCUT2D eigenvalue weighted by Gasteiger charge is 2.28. The second-order valence-corrected chi connectivity index (χ2v) is 7.09. The molecule has 0 unspecified atom stereocenters. The van der Waals surface area contributed by atoms with E-state index in [0.717, 1.165) is 22.3 Å². The first-order valence-corrected chi connectivity index (χ1v) is 9.99. The van der Waals surface area contributed by atoms with Gasteiger partial charge < -0.3 is 14.8 Å². The van der Waals surface area contributed by atoms with Gasteiger partial charge in [-0.05, 0) is 28.3 Å². The van der Waals surface area contributed by atoms with Crippen molar-refractivity contribution in [2.24, 2.45) is 0 Å². The van der Waals surface area contributed by atoms with Crippen LogP contribution in [0.1, 0.15) is 22.6 Å². The quantitative estimate of drug-likeness (QED) is 0.367. The van der Waals surface area contributed by atoms with Crippen molar-refractivity contribution in [3.63, 3.8) is 0 Å². The minimum absolute atomic E-state index is 0.0219. The number of nitro groups is 1. The minimum Gasteiger partial charge on any atom is -0.495 e. The molecule has 3 aromatic rings. The average Bonchev–Trinajstić information content (AvgIpc) is 3.14. The van der Waals surface area contributed by atoms with E-state index < -0.39 is 11.0 Å². The number of alkyl carbamates (subject to hydrolysis) is 1. The molecule has 7 heteroatoms. The first kappa shape index (κ1) is 20.9. The third-order valence-corrected chi connectivity index (χ3v) is 5.30. The highest BCUT2D eigenvalue weighted by atomic mass is 16.6. The van der Waals surface area contributed by atoms with Crippen molar-refractivity contribution in [3.8, 4) is 28.7 Å². The normalized spacial score (nSPS) is 11.5. The van der Waals surface area contributed by atoms with E-state index in [9.17, 15) is 14.9 Å². The summed E-state index contributed by atoms with van der Waals surface area (Å²) in [5.74, 6) is 5.69. The maximum Gasteiger partial charge on any atom is 0.407 e. The Labute approximate surface area is 185 Å². The van der Waals surface area contributed by atoms with Crippen LogP contribution in [0.4, 0.5) is 10.5 Å². The van der Waals surface area contributed by atoms with Gasteiger partial charge in [0.1, 0.15) is 17.9 Å². The standard InChI is InChI=1S/C25H20N2O5/c1-31-24-14-6-13-23(27(29)30)21(24)12-7-15-26-25(28)32-16-22-19-10-4-2-8-17(19)18-9-3-5-11-20(18)22/h2-6,8-11,13-14,22H,15-16H2,1H3,(H,26,28). The molecule has 1 aliphatic carbocycles. The first-order chi connectivity index (χ1) is 15.6. The van der Waals surface area contributed by atoms with Crippen molar-refractivity contribution in [2.75, 3.05) is 20.3 Å². The number of nitrogens with one attached hydrogen (secondary N) is 1. The molecule has 0 bridgehead atoms. The van der Waals surface area contributed by atoms with Gasteiger partial charge in [-0.15, -0.1) is 0 Å². The Hall–Kier alpha value is -4.31. The Bertz CT molecular complexity index is 1200. The molecule has 0 fully saturated rings.